The van der Waals surface area contributed by atoms with Crippen LogP contribution in [-0.2, 0) is 14.3 Å². The molecule has 156 valence electrons. The summed E-state index contributed by atoms with van der Waals surface area (Å²) in [5.74, 6) is 3.51. The van der Waals surface area contributed by atoms with Gasteiger partial charge in [-0.2, -0.15) is 0 Å². The van der Waals surface area contributed by atoms with Gasteiger partial charge in [-0.1, -0.05) is 32.4 Å². The molecule has 0 aromatic heterocycles. The van der Waals surface area contributed by atoms with Crippen LogP contribution in [0.4, 0.5) is 0 Å². The molecule has 4 fully saturated rings. The Kier molecular flexibility index (Phi) is 4.17. The van der Waals surface area contributed by atoms with Crippen molar-refractivity contribution in [1.82, 2.24) is 0 Å². The smallest absolute Gasteiger partial charge is 0.302 e. The van der Waals surface area contributed by atoms with Gasteiger partial charge in [-0.3, -0.25) is 4.79 Å². The van der Waals surface area contributed by atoms with Crippen LogP contribution >= 0.6 is 0 Å². The number of hydrogen-bond donors (Lipinski definition) is 0. The number of hydrogen-bond acceptors (Lipinski definition) is 3. The molecule has 3 heteroatoms. The molecule has 0 bridgehead atoms. The van der Waals surface area contributed by atoms with Gasteiger partial charge in [0.15, 0.2) is 0 Å². The largest absolute Gasteiger partial charge is 0.465 e. The van der Waals surface area contributed by atoms with E-state index in [0.29, 0.717) is 29.5 Å². The average molecular weight is 387 g/mol. The Morgan fingerprint density at radius 3 is 2.71 bits per heavy atom. The normalized spacial score (nSPS) is 52.0. The molecule has 0 unspecified atom stereocenters. The number of rotatable bonds is 4. The summed E-state index contributed by atoms with van der Waals surface area (Å²) < 4.78 is 11.6. The molecule has 0 saturated heterocycles. The Balaban J connectivity index is 1.41. The maximum Gasteiger partial charge on any atom is 0.302 e. The van der Waals surface area contributed by atoms with Crippen LogP contribution in [0.2, 0.25) is 0 Å². The Bertz CT molecular complexity index is 713. The molecule has 9 atom stereocenters. The van der Waals surface area contributed by atoms with Gasteiger partial charge in [0.05, 0.1) is 12.7 Å². The molecule has 5 aliphatic rings. The lowest BCUT2D eigenvalue weighted by Crippen LogP contribution is -2.56. The van der Waals surface area contributed by atoms with Gasteiger partial charge in [0.2, 0.25) is 0 Å². The molecular formula is C25H38O3. The molecule has 0 aromatic rings. The van der Waals surface area contributed by atoms with E-state index in [1.807, 2.05) is 7.11 Å². The summed E-state index contributed by atoms with van der Waals surface area (Å²) in [5, 5.41) is 0. The maximum absolute atomic E-state index is 11.3. The van der Waals surface area contributed by atoms with Gasteiger partial charge >= 0.3 is 5.97 Å². The first-order valence-corrected chi connectivity index (χ1v) is 11.6. The number of ether oxygens (including phenoxy) is 2. The highest BCUT2D eigenvalue weighted by Crippen LogP contribution is 2.82. The molecule has 3 nitrogen and oxygen atoms in total. The molecule has 28 heavy (non-hydrogen) atoms. The number of methoxy groups -OCH3 is 1. The van der Waals surface area contributed by atoms with E-state index >= 15 is 0 Å². The predicted molar refractivity (Wildman–Crippen MR) is 110 cm³/mol. The van der Waals surface area contributed by atoms with Crippen molar-refractivity contribution in [1.29, 1.82) is 0 Å². The van der Waals surface area contributed by atoms with E-state index in [2.05, 4.69) is 26.8 Å². The first kappa shape index (κ1) is 19.2. The SMILES string of the molecule is CO[C@@H]1C[C@H]2[C@@H]3CC=C([C@H](C)COC(C)=O)[C@@]3(C)CC[C@@H]2[C@@]2(C)CC[C@H]3C[C@]312. The number of carbonyl (C=O) groups is 1. The lowest BCUT2D eigenvalue weighted by molar-refractivity contribution is -0.154. The van der Waals surface area contributed by atoms with E-state index in [1.165, 1.54) is 51.9 Å². The van der Waals surface area contributed by atoms with Crippen LogP contribution in [0.25, 0.3) is 0 Å². The second-order valence-corrected chi connectivity index (χ2v) is 11.3. The monoisotopic (exact) mass is 386 g/mol. The molecule has 0 radical (unpaired) electrons. The third-order valence-electron chi connectivity index (χ3n) is 10.5. The minimum Gasteiger partial charge on any atom is -0.465 e. The van der Waals surface area contributed by atoms with Crippen molar-refractivity contribution in [3.05, 3.63) is 11.6 Å². The molecule has 4 saturated carbocycles. The summed E-state index contributed by atoms with van der Waals surface area (Å²) in [7, 11) is 1.97. The minimum atomic E-state index is -0.162. The molecular weight excluding hydrogens is 348 g/mol. The Labute approximate surface area is 170 Å². The molecule has 0 N–H and O–H groups in total. The van der Waals surface area contributed by atoms with E-state index < -0.39 is 0 Å². The highest BCUT2D eigenvalue weighted by atomic mass is 16.5. The standard InChI is InChI=1S/C25H38O3/c1-15(14-28-16(2)26)19-6-7-20-18-12-22(27-5)25-13-17(25)8-11-24(25,4)21(18)9-10-23(19,20)3/h6,15,17-18,20-22H,7-14H2,1-5H3/t15-,17+,18+,20+,21+,22-,23-,24-,25+/m1/s1. The Morgan fingerprint density at radius 2 is 2.04 bits per heavy atom. The van der Waals surface area contributed by atoms with Crippen LogP contribution in [0.1, 0.15) is 72.6 Å². The van der Waals surface area contributed by atoms with E-state index in [1.54, 1.807) is 5.57 Å². The third-order valence-corrected chi connectivity index (χ3v) is 10.5. The maximum atomic E-state index is 11.3. The molecule has 0 aliphatic heterocycles. The zero-order valence-electron chi connectivity index (χ0n) is 18.4. The summed E-state index contributed by atoms with van der Waals surface area (Å²) in [6.07, 6.45) is 12.4. The van der Waals surface area contributed by atoms with Gasteiger partial charge < -0.3 is 9.47 Å². The van der Waals surface area contributed by atoms with E-state index in [4.69, 9.17) is 9.47 Å². The second kappa shape index (κ2) is 6.09. The van der Waals surface area contributed by atoms with Crippen molar-refractivity contribution in [2.24, 2.45) is 45.8 Å². The summed E-state index contributed by atoms with van der Waals surface area (Å²) >= 11 is 0. The summed E-state index contributed by atoms with van der Waals surface area (Å²) in [4.78, 5) is 11.3. The quantitative estimate of drug-likeness (QED) is 0.480. The highest BCUT2D eigenvalue weighted by molar-refractivity contribution is 5.65. The van der Waals surface area contributed by atoms with Crippen LogP contribution < -0.4 is 0 Å². The van der Waals surface area contributed by atoms with Gasteiger partial charge in [-0.05, 0) is 79.4 Å². The van der Waals surface area contributed by atoms with Gasteiger partial charge in [-0.15, -0.1) is 0 Å². The average Bonchev–Trinajstić information content (AvgIpc) is 3.16. The van der Waals surface area contributed by atoms with Gasteiger partial charge in [0, 0.05) is 25.4 Å². The lowest BCUT2D eigenvalue weighted by Gasteiger charge is -2.60. The number of carbonyl (C=O) groups excluding carboxylic acids is 1. The van der Waals surface area contributed by atoms with Crippen molar-refractivity contribution in [2.45, 2.75) is 78.7 Å². The first-order chi connectivity index (χ1) is 13.3. The Hall–Kier alpha value is -0.830. The summed E-state index contributed by atoms with van der Waals surface area (Å²) in [6.45, 7) is 9.44. The van der Waals surface area contributed by atoms with Crippen molar-refractivity contribution in [3.8, 4) is 0 Å². The second-order valence-electron chi connectivity index (χ2n) is 11.3. The van der Waals surface area contributed by atoms with Gasteiger partial charge in [0.1, 0.15) is 0 Å². The number of fused-ring (bicyclic) bond motifs is 4. The van der Waals surface area contributed by atoms with Crippen LogP contribution in [0.15, 0.2) is 11.6 Å². The van der Waals surface area contributed by atoms with Gasteiger partial charge in [0.25, 0.3) is 0 Å². The number of esters is 1. The van der Waals surface area contributed by atoms with Crippen molar-refractivity contribution in [2.75, 3.05) is 13.7 Å². The Morgan fingerprint density at radius 1 is 1.25 bits per heavy atom. The van der Waals surface area contributed by atoms with Crippen LogP contribution in [0.5, 0.6) is 0 Å². The highest BCUT2D eigenvalue weighted by Gasteiger charge is 2.77. The fourth-order valence-corrected chi connectivity index (χ4v) is 9.28. The summed E-state index contributed by atoms with van der Waals surface area (Å²) in [6, 6.07) is 0. The van der Waals surface area contributed by atoms with Crippen LogP contribution in [0, 0.1) is 45.8 Å². The molecule has 0 heterocycles. The minimum absolute atomic E-state index is 0.162. The van der Waals surface area contributed by atoms with E-state index in [9.17, 15) is 4.79 Å². The van der Waals surface area contributed by atoms with Gasteiger partial charge in [-0.25, -0.2) is 0 Å². The molecule has 5 aliphatic carbocycles. The molecule has 1 spiro atoms. The van der Waals surface area contributed by atoms with Crippen molar-refractivity contribution >= 4 is 5.97 Å². The lowest BCUT2D eigenvalue weighted by atomic mass is 9.45. The zero-order valence-corrected chi connectivity index (χ0v) is 18.4. The van der Waals surface area contributed by atoms with E-state index in [0.717, 1.165) is 23.7 Å². The predicted octanol–water partition coefficient (Wildman–Crippen LogP) is 5.39. The first-order valence-electron chi connectivity index (χ1n) is 11.6. The topological polar surface area (TPSA) is 35.5 Å². The fourth-order valence-electron chi connectivity index (χ4n) is 9.28. The molecule has 5 rings (SSSR count). The van der Waals surface area contributed by atoms with E-state index in [-0.39, 0.29) is 11.4 Å². The van der Waals surface area contributed by atoms with Crippen LogP contribution in [-0.4, -0.2) is 25.8 Å². The fraction of sp³-hybridized carbons (Fsp3) is 0.880. The molecule has 0 amide bonds. The number of allylic oxidation sites excluding steroid dienone is 1. The molecule has 0 aromatic carbocycles. The third kappa shape index (κ3) is 2.23. The zero-order chi connectivity index (χ0) is 19.9. The van der Waals surface area contributed by atoms with Crippen LogP contribution in [0.3, 0.4) is 0 Å². The summed E-state index contributed by atoms with van der Waals surface area (Å²) in [5.41, 5.74) is 2.84. The van der Waals surface area contributed by atoms with Crippen molar-refractivity contribution in [3.63, 3.8) is 0 Å². The van der Waals surface area contributed by atoms with Crippen molar-refractivity contribution < 1.29 is 14.3 Å².